The fourth-order valence-corrected chi connectivity index (χ4v) is 3.31. The van der Waals surface area contributed by atoms with Gasteiger partial charge in [0.05, 0.1) is 6.04 Å². The third-order valence-electron chi connectivity index (χ3n) is 4.91. The third kappa shape index (κ3) is 10.2. The van der Waals surface area contributed by atoms with Crippen LogP contribution in [0.25, 0.3) is 10.4 Å². The lowest BCUT2D eigenvalue weighted by Gasteiger charge is -2.30. The highest BCUT2D eigenvalue weighted by molar-refractivity contribution is 5.61. The van der Waals surface area contributed by atoms with Gasteiger partial charge in [0.15, 0.2) is 0 Å². The van der Waals surface area contributed by atoms with Crippen molar-refractivity contribution in [2.24, 2.45) is 5.11 Å². The molecule has 0 spiro atoms. The van der Waals surface area contributed by atoms with E-state index < -0.39 is 6.16 Å². The lowest BCUT2D eigenvalue weighted by molar-refractivity contribution is -0.0678. The van der Waals surface area contributed by atoms with Gasteiger partial charge in [-0.1, -0.05) is 83.2 Å². The average Bonchev–Trinajstić information content (AvgIpc) is 2.59. The first-order chi connectivity index (χ1) is 12.2. The van der Waals surface area contributed by atoms with Gasteiger partial charge in [-0.25, -0.2) is 4.79 Å². The van der Waals surface area contributed by atoms with Crippen LogP contribution in [0.5, 0.6) is 0 Å². The van der Waals surface area contributed by atoms with Gasteiger partial charge < -0.3 is 9.47 Å². The number of ether oxygens (including phenoxy) is 2. The van der Waals surface area contributed by atoms with Gasteiger partial charge >= 0.3 is 6.16 Å². The number of hydrogen-bond acceptors (Lipinski definition) is 4. The van der Waals surface area contributed by atoms with Gasteiger partial charge in [0, 0.05) is 11.3 Å². The van der Waals surface area contributed by atoms with Crippen LogP contribution in [0, 0.1) is 0 Å². The highest BCUT2D eigenvalue weighted by Crippen LogP contribution is 2.23. The lowest BCUT2D eigenvalue weighted by Crippen LogP contribution is -2.39. The summed E-state index contributed by atoms with van der Waals surface area (Å²) in [5.41, 5.74) is 8.50. The molecule has 0 aromatic carbocycles. The SMILES string of the molecule is CCCCCCCCCCCCC[C@H]1C[C@@H]([C@H](C)N=[N+]=[N-])OC(=O)O1. The Morgan fingerprint density at radius 2 is 1.60 bits per heavy atom. The van der Waals surface area contributed by atoms with Crippen LogP contribution >= 0.6 is 0 Å². The topological polar surface area (TPSA) is 84.3 Å². The van der Waals surface area contributed by atoms with E-state index in [0.717, 1.165) is 12.8 Å². The first-order valence-corrected chi connectivity index (χ1v) is 10.1. The molecule has 0 radical (unpaired) electrons. The normalized spacial score (nSPS) is 21.1. The number of nitrogens with zero attached hydrogens (tertiary/aromatic N) is 3. The van der Waals surface area contributed by atoms with Crippen LogP contribution in [-0.4, -0.2) is 24.4 Å². The number of unbranched alkanes of at least 4 members (excludes halogenated alkanes) is 10. The lowest BCUT2D eigenvalue weighted by atomic mass is 9.99. The molecule has 3 atom stereocenters. The van der Waals surface area contributed by atoms with Crippen molar-refractivity contribution in [2.75, 3.05) is 0 Å². The van der Waals surface area contributed by atoms with E-state index in [2.05, 4.69) is 16.9 Å². The van der Waals surface area contributed by atoms with Crippen molar-refractivity contribution < 1.29 is 14.3 Å². The van der Waals surface area contributed by atoms with Crippen LogP contribution in [0.4, 0.5) is 4.79 Å². The van der Waals surface area contributed by atoms with Crippen LogP contribution in [0.3, 0.4) is 0 Å². The van der Waals surface area contributed by atoms with Crippen LogP contribution in [0.2, 0.25) is 0 Å². The number of cyclic esters (lactones) is 2. The van der Waals surface area contributed by atoms with Gasteiger partial charge in [0.25, 0.3) is 0 Å². The maximum atomic E-state index is 11.5. The zero-order chi connectivity index (χ0) is 18.3. The maximum Gasteiger partial charge on any atom is 0.508 e. The standard InChI is InChI=1S/C19H35N3O3/c1-3-4-5-6-7-8-9-10-11-12-13-14-17-15-18(16(2)21-22-20)25-19(23)24-17/h16-18H,3-15H2,1-2H3/t16-,17-,18-/m0/s1. The van der Waals surface area contributed by atoms with Crippen molar-refractivity contribution in [2.45, 2.75) is 116 Å². The highest BCUT2D eigenvalue weighted by atomic mass is 16.7. The van der Waals surface area contributed by atoms with E-state index in [1.54, 1.807) is 6.92 Å². The number of hydrogen-bond donors (Lipinski definition) is 0. The Kier molecular flexibility index (Phi) is 12.0. The molecule has 1 aliphatic heterocycles. The van der Waals surface area contributed by atoms with E-state index in [9.17, 15) is 4.79 Å². The van der Waals surface area contributed by atoms with Crippen molar-refractivity contribution >= 4 is 6.16 Å². The Morgan fingerprint density at radius 1 is 1.04 bits per heavy atom. The molecule has 25 heavy (non-hydrogen) atoms. The second kappa shape index (κ2) is 13.8. The van der Waals surface area contributed by atoms with E-state index in [4.69, 9.17) is 15.0 Å². The van der Waals surface area contributed by atoms with Gasteiger partial charge in [-0.05, 0) is 18.4 Å². The first kappa shape index (κ1) is 21.6. The Morgan fingerprint density at radius 3 is 2.16 bits per heavy atom. The molecule has 0 aromatic rings. The van der Waals surface area contributed by atoms with Crippen LogP contribution in [0.1, 0.15) is 97.3 Å². The van der Waals surface area contributed by atoms with Crippen molar-refractivity contribution in [1.29, 1.82) is 0 Å². The summed E-state index contributed by atoms with van der Waals surface area (Å²) < 4.78 is 10.4. The zero-order valence-corrected chi connectivity index (χ0v) is 16.0. The van der Waals surface area contributed by atoms with E-state index in [0.29, 0.717) is 6.42 Å². The molecule has 0 N–H and O–H groups in total. The van der Waals surface area contributed by atoms with Gasteiger partial charge in [-0.15, -0.1) is 0 Å². The van der Waals surface area contributed by atoms with Gasteiger partial charge in [-0.3, -0.25) is 0 Å². The third-order valence-corrected chi connectivity index (χ3v) is 4.91. The summed E-state index contributed by atoms with van der Waals surface area (Å²) in [6.45, 7) is 4.02. The largest absolute Gasteiger partial charge is 0.508 e. The quantitative estimate of drug-likeness (QED) is 0.115. The summed E-state index contributed by atoms with van der Waals surface area (Å²) in [6.07, 6.45) is 14.7. The Bertz CT molecular complexity index is 411. The monoisotopic (exact) mass is 353 g/mol. The molecule has 0 bridgehead atoms. The van der Waals surface area contributed by atoms with E-state index in [-0.39, 0.29) is 18.2 Å². The van der Waals surface area contributed by atoms with E-state index in [1.807, 2.05) is 0 Å². The van der Waals surface area contributed by atoms with Gasteiger partial charge in [0.2, 0.25) is 0 Å². The second-order valence-electron chi connectivity index (χ2n) is 7.15. The fraction of sp³-hybridized carbons (Fsp3) is 0.947. The minimum atomic E-state index is -0.635. The fourth-order valence-electron chi connectivity index (χ4n) is 3.31. The molecule has 1 saturated heterocycles. The molecule has 0 amide bonds. The molecule has 1 aliphatic rings. The average molecular weight is 354 g/mol. The zero-order valence-electron chi connectivity index (χ0n) is 16.0. The summed E-state index contributed by atoms with van der Waals surface area (Å²) >= 11 is 0. The molecular weight excluding hydrogens is 318 g/mol. The molecule has 0 saturated carbocycles. The van der Waals surface area contributed by atoms with Crippen molar-refractivity contribution in [3.63, 3.8) is 0 Å². The van der Waals surface area contributed by atoms with Crippen molar-refractivity contribution in [3.05, 3.63) is 10.4 Å². The van der Waals surface area contributed by atoms with Gasteiger partial charge in [-0.2, -0.15) is 0 Å². The van der Waals surface area contributed by atoms with Crippen molar-refractivity contribution in [3.8, 4) is 0 Å². The molecule has 1 rings (SSSR count). The molecule has 1 fully saturated rings. The van der Waals surface area contributed by atoms with E-state index in [1.165, 1.54) is 64.2 Å². The van der Waals surface area contributed by atoms with Crippen molar-refractivity contribution in [1.82, 2.24) is 0 Å². The molecule has 1 heterocycles. The van der Waals surface area contributed by atoms with E-state index >= 15 is 0 Å². The predicted octanol–water partition coefficient (Wildman–Crippen LogP) is 6.68. The van der Waals surface area contributed by atoms with Crippen LogP contribution in [0.15, 0.2) is 5.11 Å². The summed E-state index contributed by atoms with van der Waals surface area (Å²) in [4.78, 5) is 14.3. The number of rotatable bonds is 14. The summed E-state index contributed by atoms with van der Waals surface area (Å²) in [5.74, 6) is 0. The maximum absolute atomic E-state index is 11.5. The predicted molar refractivity (Wildman–Crippen MR) is 99.4 cm³/mol. The Balaban J connectivity index is 2.03. The Labute approximate surface area is 152 Å². The summed E-state index contributed by atoms with van der Waals surface area (Å²) in [6, 6.07) is -0.349. The number of carbonyl (C=O) groups excluding carboxylic acids is 1. The highest BCUT2D eigenvalue weighted by Gasteiger charge is 2.32. The molecule has 0 aromatic heterocycles. The first-order valence-electron chi connectivity index (χ1n) is 10.1. The summed E-state index contributed by atoms with van der Waals surface area (Å²) in [7, 11) is 0. The number of carbonyl (C=O) groups is 1. The minimum Gasteiger partial charge on any atom is -0.431 e. The molecule has 0 aliphatic carbocycles. The molecular formula is C19H35N3O3. The van der Waals surface area contributed by atoms with Gasteiger partial charge in [0.1, 0.15) is 12.2 Å². The molecule has 0 unspecified atom stereocenters. The molecule has 144 valence electrons. The molecule has 6 heteroatoms. The smallest absolute Gasteiger partial charge is 0.431 e. The number of azide groups is 1. The molecule has 6 nitrogen and oxygen atoms in total. The van der Waals surface area contributed by atoms with Crippen LogP contribution < -0.4 is 0 Å². The van der Waals surface area contributed by atoms with Crippen LogP contribution in [-0.2, 0) is 9.47 Å². The second-order valence-corrected chi connectivity index (χ2v) is 7.15. The Hall–Kier alpha value is -1.42. The minimum absolute atomic E-state index is 0.110. The summed E-state index contributed by atoms with van der Waals surface area (Å²) in [5, 5.41) is 3.63.